The molecule has 0 bridgehead atoms. The predicted octanol–water partition coefficient (Wildman–Crippen LogP) is 7.96. The van der Waals surface area contributed by atoms with Gasteiger partial charge >= 0.3 is 6.09 Å². The second kappa shape index (κ2) is 16.3. The van der Waals surface area contributed by atoms with Crippen LogP contribution >= 0.6 is 0 Å². The molecule has 7 rings (SSSR count). The monoisotopic (exact) mass is 701 g/mol. The Morgan fingerprint density at radius 2 is 1.25 bits per heavy atom. The molecule has 0 heterocycles. The van der Waals surface area contributed by atoms with E-state index in [2.05, 4.69) is 28.1 Å². The summed E-state index contributed by atoms with van der Waals surface area (Å²) in [5.74, 6) is -1.01. The second-order valence-corrected chi connectivity index (χ2v) is 12.9. The fourth-order valence-electron chi connectivity index (χ4n) is 6.86. The minimum Gasteiger partial charge on any atom is -0.449 e. The number of amides is 2. The largest absolute Gasteiger partial charge is 0.449 e. The molecule has 8 nitrogen and oxygen atoms in total. The van der Waals surface area contributed by atoms with Crippen LogP contribution in [0.2, 0.25) is 0 Å². The number of hydrogen-bond acceptors (Lipinski definition) is 6. The van der Waals surface area contributed by atoms with E-state index in [-0.39, 0.29) is 36.2 Å². The number of benzene rings is 6. The van der Waals surface area contributed by atoms with Crippen LogP contribution in [0, 0.1) is 0 Å². The summed E-state index contributed by atoms with van der Waals surface area (Å²) in [5.41, 5.74) is 7.59. The molecule has 6 aromatic rings. The molecule has 0 radical (unpaired) electrons. The molecule has 0 aliphatic heterocycles. The third kappa shape index (κ3) is 7.94. The lowest BCUT2D eigenvalue weighted by molar-refractivity contribution is -0.118. The Balaban J connectivity index is 1.14. The van der Waals surface area contributed by atoms with Crippen LogP contribution in [0.25, 0.3) is 11.1 Å². The normalized spacial score (nSPS) is 12.9. The number of carbonyl (C=O) groups excluding carboxylic acids is 3. The predicted molar refractivity (Wildman–Crippen MR) is 205 cm³/mol. The molecule has 0 spiro atoms. The SMILES string of the molecule is O=C(N[C@@H](C(=O)Nc1cc(C(CO)NCc2ccccc2)ccc1C(=O)c1ccccc1)c1ccccc1)OCC1c2ccccc2-c2ccccc21. The van der Waals surface area contributed by atoms with Gasteiger partial charge in [0, 0.05) is 23.6 Å². The van der Waals surface area contributed by atoms with E-state index in [1.165, 1.54) is 0 Å². The van der Waals surface area contributed by atoms with Crippen LogP contribution < -0.4 is 16.0 Å². The maximum absolute atomic E-state index is 14.3. The number of ketones is 1. The third-order valence-corrected chi connectivity index (χ3v) is 9.56. The van der Waals surface area contributed by atoms with E-state index < -0.39 is 24.1 Å². The first-order chi connectivity index (χ1) is 26.0. The molecule has 53 heavy (non-hydrogen) atoms. The summed E-state index contributed by atoms with van der Waals surface area (Å²) in [4.78, 5) is 41.6. The van der Waals surface area contributed by atoms with Crippen molar-refractivity contribution in [3.63, 3.8) is 0 Å². The van der Waals surface area contributed by atoms with Gasteiger partial charge in [-0.15, -0.1) is 0 Å². The molecular weight excluding hydrogens is 663 g/mol. The Morgan fingerprint density at radius 3 is 1.89 bits per heavy atom. The van der Waals surface area contributed by atoms with Crippen molar-refractivity contribution in [2.75, 3.05) is 18.5 Å². The van der Waals surface area contributed by atoms with Gasteiger partial charge in [-0.1, -0.05) is 146 Å². The van der Waals surface area contributed by atoms with E-state index in [0.29, 0.717) is 23.2 Å². The Hall–Kier alpha value is -6.35. The molecule has 2 atom stereocenters. The summed E-state index contributed by atoms with van der Waals surface area (Å²) in [6, 6.07) is 47.1. The summed E-state index contributed by atoms with van der Waals surface area (Å²) >= 11 is 0. The first kappa shape index (κ1) is 35.1. The van der Waals surface area contributed by atoms with Crippen molar-refractivity contribution in [1.29, 1.82) is 0 Å². The van der Waals surface area contributed by atoms with Crippen LogP contribution in [0.15, 0.2) is 158 Å². The Kier molecular flexibility index (Phi) is 10.8. The topological polar surface area (TPSA) is 117 Å². The molecule has 6 aromatic carbocycles. The van der Waals surface area contributed by atoms with Gasteiger partial charge in [-0.2, -0.15) is 0 Å². The summed E-state index contributed by atoms with van der Waals surface area (Å²) < 4.78 is 5.82. The van der Waals surface area contributed by atoms with Gasteiger partial charge in [0.2, 0.25) is 0 Å². The number of anilines is 1. The third-order valence-electron chi connectivity index (χ3n) is 9.56. The number of fused-ring (bicyclic) bond motifs is 3. The van der Waals surface area contributed by atoms with Crippen LogP contribution in [0.3, 0.4) is 0 Å². The fraction of sp³-hybridized carbons (Fsp3) is 0.133. The van der Waals surface area contributed by atoms with Crippen LogP contribution in [0.5, 0.6) is 0 Å². The molecule has 4 N–H and O–H groups in total. The number of rotatable bonds is 13. The van der Waals surface area contributed by atoms with Crippen LogP contribution in [0.1, 0.15) is 61.7 Å². The summed E-state index contributed by atoms with van der Waals surface area (Å²) in [7, 11) is 0. The molecule has 2 amide bonds. The summed E-state index contributed by atoms with van der Waals surface area (Å²) in [6.07, 6.45) is -0.754. The van der Waals surface area contributed by atoms with Gasteiger partial charge in [0.1, 0.15) is 12.6 Å². The van der Waals surface area contributed by atoms with Gasteiger partial charge < -0.3 is 25.8 Å². The second-order valence-electron chi connectivity index (χ2n) is 12.9. The van der Waals surface area contributed by atoms with Crippen LogP contribution in [-0.2, 0) is 16.1 Å². The first-order valence-electron chi connectivity index (χ1n) is 17.6. The number of aliphatic hydroxyl groups is 1. The highest BCUT2D eigenvalue weighted by Gasteiger charge is 2.31. The highest BCUT2D eigenvalue weighted by molar-refractivity contribution is 6.14. The van der Waals surface area contributed by atoms with Crippen molar-refractivity contribution in [3.8, 4) is 11.1 Å². The van der Waals surface area contributed by atoms with Crippen molar-refractivity contribution >= 4 is 23.5 Å². The molecule has 1 unspecified atom stereocenters. The average molecular weight is 702 g/mol. The fourth-order valence-corrected chi connectivity index (χ4v) is 6.86. The molecule has 8 heteroatoms. The number of ether oxygens (including phenoxy) is 1. The Bertz CT molecular complexity index is 2160. The average Bonchev–Trinajstić information content (AvgIpc) is 3.53. The smallest absolute Gasteiger partial charge is 0.408 e. The number of aliphatic hydroxyl groups excluding tert-OH is 1. The van der Waals surface area contributed by atoms with Gasteiger partial charge in [-0.3, -0.25) is 9.59 Å². The Morgan fingerprint density at radius 1 is 0.660 bits per heavy atom. The minimum absolute atomic E-state index is 0.0826. The standard InChI is InChI=1S/C45H39N3O5/c49-28-41(46-27-30-14-4-1-5-15-30)33-24-25-38(43(50)32-18-8-3-9-19-32)40(26-33)47-44(51)42(31-16-6-2-7-17-31)48-45(52)53-29-39-36-22-12-10-20-34(36)35-21-11-13-23-37(35)39/h1-26,39,41-42,46,49H,27-29H2,(H,47,51)(H,48,52)/t41?,42-/m1/s1. The molecule has 1 aliphatic carbocycles. The van der Waals surface area contributed by atoms with Gasteiger partial charge in [0.25, 0.3) is 5.91 Å². The zero-order chi connectivity index (χ0) is 36.6. The molecular formula is C45H39N3O5. The van der Waals surface area contributed by atoms with E-state index in [0.717, 1.165) is 27.8 Å². The van der Waals surface area contributed by atoms with Crippen LogP contribution in [-0.4, -0.2) is 36.1 Å². The van der Waals surface area contributed by atoms with Crippen LogP contribution in [0.4, 0.5) is 10.5 Å². The number of nitrogens with one attached hydrogen (secondary N) is 3. The molecule has 264 valence electrons. The highest BCUT2D eigenvalue weighted by atomic mass is 16.5. The van der Waals surface area contributed by atoms with Gasteiger partial charge in [0.05, 0.1) is 18.3 Å². The number of carbonyl (C=O) groups is 3. The van der Waals surface area contributed by atoms with E-state index >= 15 is 0 Å². The number of hydrogen-bond donors (Lipinski definition) is 4. The van der Waals surface area contributed by atoms with E-state index in [4.69, 9.17) is 4.74 Å². The number of alkyl carbamates (subject to hydrolysis) is 1. The lowest BCUT2D eigenvalue weighted by Crippen LogP contribution is -2.38. The Labute approximate surface area is 308 Å². The van der Waals surface area contributed by atoms with Gasteiger partial charge in [-0.05, 0) is 51.1 Å². The first-order valence-corrected chi connectivity index (χ1v) is 17.6. The lowest BCUT2D eigenvalue weighted by atomic mass is 9.97. The molecule has 0 saturated carbocycles. The molecule has 0 saturated heterocycles. The molecule has 1 aliphatic rings. The van der Waals surface area contributed by atoms with Crippen molar-refractivity contribution in [3.05, 3.63) is 197 Å². The van der Waals surface area contributed by atoms with Gasteiger partial charge in [0.15, 0.2) is 5.78 Å². The van der Waals surface area contributed by atoms with E-state index in [9.17, 15) is 19.5 Å². The van der Waals surface area contributed by atoms with Crippen molar-refractivity contribution in [2.24, 2.45) is 0 Å². The maximum atomic E-state index is 14.3. The minimum atomic E-state index is -1.15. The zero-order valence-corrected chi connectivity index (χ0v) is 28.9. The van der Waals surface area contributed by atoms with E-state index in [1.807, 2.05) is 78.9 Å². The summed E-state index contributed by atoms with van der Waals surface area (Å²) in [5, 5.41) is 19.5. The van der Waals surface area contributed by atoms with Crippen molar-refractivity contribution < 1.29 is 24.2 Å². The molecule has 0 fully saturated rings. The lowest BCUT2D eigenvalue weighted by Gasteiger charge is -2.22. The van der Waals surface area contributed by atoms with Gasteiger partial charge in [-0.25, -0.2) is 4.79 Å². The highest BCUT2D eigenvalue weighted by Crippen LogP contribution is 2.44. The van der Waals surface area contributed by atoms with E-state index in [1.54, 1.807) is 66.7 Å². The van der Waals surface area contributed by atoms with Crippen molar-refractivity contribution in [2.45, 2.75) is 24.5 Å². The summed E-state index contributed by atoms with van der Waals surface area (Å²) in [6.45, 7) is 0.361. The maximum Gasteiger partial charge on any atom is 0.408 e. The molecule has 0 aromatic heterocycles. The van der Waals surface area contributed by atoms with Crippen molar-refractivity contribution in [1.82, 2.24) is 10.6 Å². The quantitative estimate of drug-likeness (QED) is 0.0909. The zero-order valence-electron chi connectivity index (χ0n) is 28.9.